The number of anilines is 1. The highest BCUT2D eigenvalue weighted by Gasteiger charge is 2.71. The number of halogens is 6. The van der Waals surface area contributed by atoms with Gasteiger partial charge in [0.1, 0.15) is 23.4 Å². The summed E-state index contributed by atoms with van der Waals surface area (Å²) in [6, 6.07) is 6.64. The molecule has 2 aromatic rings. The number of nitrogens with one attached hydrogen (secondary N) is 1. The molecule has 2 saturated heterocycles. The molecule has 2 fully saturated rings. The minimum Gasteiger partial charge on any atom is -0.487 e. The molecule has 9 nitrogen and oxygen atoms in total. The van der Waals surface area contributed by atoms with Crippen molar-refractivity contribution in [2.45, 2.75) is 89.0 Å². The number of imide groups is 1. The fourth-order valence-electron chi connectivity index (χ4n) is 6.78. The number of fused-ring (bicyclic) bond motifs is 1. The maximum Gasteiger partial charge on any atom is 0.430 e. The predicted octanol–water partition coefficient (Wildman–Crippen LogP) is 5.17. The number of urea groups is 1. The summed E-state index contributed by atoms with van der Waals surface area (Å²) in [5.41, 5.74) is -6.15. The molecule has 2 atom stereocenters. The number of amides is 4. The molecule has 1 unspecified atom stereocenters. The van der Waals surface area contributed by atoms with Gasteiger partial charge in [0.2, 0.25) is 5.91 Å². The van der Waals surface area contributed by atoms with Crippen molar-refractivity contribution in [3.05, 3.63) is 58.7 Å². The number of alkyl halides is 6. The van der Waals surface area contributed by atoms with E-state index in [1.165, 1.54) is 4.90 Å². The average molecular weight is 685 g/mol. The second-order valence-electron chi connectivity index (χ2n) is 13.5. The Morgan fingerprint density at radius 2 is 1.69 bits per heavy atom. The van der Waals surface area contributed by atoms with E-state index >= 15 is 0 Å². The lowest BCUT2D eigenvalue weighted by atomic mass is 9.89. The van der Waals surface area contributed by atoms with Crippen molar-refractivity contribution < 1.29 is 50.6 Å². The van der Waals surface area contributed by atoms with Crippen LogP contribution in [0.2, 0.25) is 0 Å². The quantitative estimate of drug-likeness (QED) is 0.309. The standard InChI is InChI=1S/C33H38F6N4O5/c1-6-7-20-14-23(31(47,32(34,35)36)33(37,38)39)8-10-24(20)42-13-12-41(17-19(42)2)26(44)18-43-27(45)30(5,40-28(43)46)22-9-11-25-21(15-22)16-29(3,4)48-25/h8-11,14-15,19,47H,6-7,12-13,16-18H2,1-5H3,(H,40,46)/t19?,30-/m1/s1. The summed E-state index contributed by atoms with van der Waals surface area (Å²) >= 11 is 0. The number of rotatable bonds is 7. The number of ether oxygens (including phenoxy) is 1. The van der Waals surface area contributed by atoms with Gasteiger partial charge in [0.15, 0.2) is 0 Å². The second-order valence-corrected chi connectivity index (χ2v) is 13.5. The molecule has 0 saturated carbocycles. The van der Waals surface area contributed by atoms with Crippen LogP contribution in [-0.2, 0) is 33.6 Å². The Morgan fingerprint density at radius 1 is 1.02 bits per heavy atom. The van der Waals surface area contributed by atoms with Gasteiger partial charge in [-0.25, -0.2) is 4.79 Å². The first-order valence-corrected chi connectivity index (χ1v) is 15.6. The first-order valence-electron chi connectivity index (χ1n) is 15.6. The molecule has 0 aromatic heterocycles. The second kappa shape index (κ2) is 11.8. The Balaban J connectivity index is 1.30. The van der Waals surface area contributed by atoms with Crippen LogP contribution < -0.4 is 15.0 Å². The van der Waals surface area contributed by atoms with Gasteiger partial charge >= 0.3 is 18.4 Å². The van der Waals surface area contributed by atoms with Crippen LogP contribution in [-0.4, -0.2) is 82.9 Å². The number of hydrogen-bond donors (Lipinski definition) is 2. The summed E-state index contributed by atoms with van der Waals surface area (Å²) < 4.78 is 87.3. The van der Waals surface area contributed by atoms with Gasteiger partial charge in [0.05, 0.1) is 0 Å². The van der Waals surface area contributed by atoms with Crippen LogP contribution in [0.1, 0.15) is 63.3 Å². The molecule has 262 valence electrons. The zero-order valence-corrected chi connectivity index (χ0v) is 27.2. The molecule has 3 heterocycles. The van der Waals surface area contributed by atoms with Gasteiger partial charge in [-0.3, -0.25) is 14.5 Å². The van der Waals surface area contributed by atoms with Gasteiger partial charge in [0, 0.05) is 43.3 Å². The highest BCUT2D eigenvalue weighted by molar-refractivity contribution is 6.09. The van der Waals surface area contributed by atoms with Crippen molar-refractivity contribution >= 4 is 23.5 Å². The van der Waals surface area contributed by atoms with Crippen LogP contribution in [0.4, 0.5) is 36.8 Å². The lowest BCUT2D eigenvalue weighted by molar-refractivity contribution is -0.376. The van der Waals surface area contributed by atoms with E-state index in [9.17, 15) is 45.8 Å². The van der Waals surface area contributed by atoms with E-state index in [4.69, 9.17) is 4.74 Å². The number of nitrogens with zero attached hydrogens (tertiary/aromatic N) is 3. The largest absolute Gasteiger partial charge is 0.487 e. The zero-order chi connectivity index (χ0) is 35.6. The van der Waals surface area contributed by atoms with Gasteiger partial charge < -0.3 is 25.0 Å². The summed E-state index contributed by atoms with van der Waals surface area (Å²) in [7, 11) is 0. The van der Waals surface area contributed by atoms with E-state index in [-0.39, 0.29) is 31.6 Å². The van der Waals surface area contributed by atoms with E-state index < -0.39 is 65.1 Å². The third-order valence-electron chi connectivity index (χ3n) is 9.34. The van der Waals surface area contributed by atoms with Crippen LogP contribution in [0.15, 0.2) is 36.4 Å². The topological polar surface area (TPSA) is 102 Å². The number of hydrogen-bond acceptors (Lipinski definition) is 6. The summed E-state index contributed by atoms with van der Waals surface area (Å²) in [6.45, 7) is 8.82. The van der Waals surface area contributed by atoms with E-state index in [2.05, 4.69) is 5.32 Å². The maximum absolute atomic E-state index is 13.6. The zero-order valence-electron chi connectivity index (χ0n) is 27.2. The van der Waals surface area contributed by atoms with Crippen molar-refractivity contribution in [3.8, 4) is 5.75 Å². The molecule has 3 aliphatic rings. The Kier molecular flexibility index (Phi) is 8.71. The van der Waals surface area contributed by atoms with Crippen molar-refractivity contribution in [3.63, 3.8) is 0 Å². The average Bonchev–Trinajstić information content (AvgIpc) is 3.41. The summed E-state index contributed by atoms with van der Waals surface area (Å²) in [5, 5.41) is 12.7. The van der Waals surface area contributed by atoms with Gasteiger partial charge in [-0.2, -0.15) is 26.3 Å². The first kappa shape index (κ1) is 35.3. The fourth-order valence-corrected chi connectivity index (χ4v) is 6.78. The van der Waals surface area contributed by atoms with Crippen molar-refractivity contribution in [2.75, 3.05) is 31.1 Å². The Labute approximate surface area is 273 Å². The fraction of sp³-hybridized carbons (Fsp3) is 0.545. The third-order valence-corrected chi connectivity index (χ3v) is 9.34. The number of benzene rings is 2. The summed E-state index contributed by atoms with van der Waals surface area (Å²) in [6.07, 6.45) is -10.8. The SMILES string of the molecule is CCCc1cc(C(O)(C(F)(F)F)C(F)(F)F)ccc1N1CCN(C(=O)CN2C(=O)N[C@](C)(c3ccc4c(c3)CC(C)(C)O4)C2=O)CC1C. The highest BCUT2D eigenvalue weighted by Crippen LogP contribution is 2.50. The lowest BCUT2D eigenvalue weighted by Crippen LogP contribution is -2.56. The van der Waals surface area contributed by atoms with E-state index in [1.54, 1.807) is 37.8 Å². The third kappa shape index (κ3) is 5.94. The van der Waals surface area contributed by atoms with E-state index in [0.29, 0.717) is 35.9 Å². The molecule has 0 aliphatic carbocycles. The van der Waals surface area contributed by atoms with E-state index in [0.717, 1.165) is 22.6 Å². The highest BCUT2D eigenvalue weighted by atomic mass is 19.4. The Bertz CT molecular complexity index is 1610. The van der Waals surface area contributed by atoms with Crippen LogP contribution in [0.5, 0.6) is 5.75 Å². The molecule has 2 aromatic carbocycles. The number of piperazine rings is 1. The molecule has 0 spiro atoms. The molecule has 4 amide bonds. The predicted molar refractivity (Wildman–Crippen MR) is 162 cm³/mol. The van der Waals surface area contributed by atoms with Crippen LogP contribution in [0, 0.1) is 0 Å². The number of aliphatic hydroxyl groups is 1. The Morgan fingerprint density at radius 3 is 2.29 bits per heavy atom. The lowest BCUT2D eigenvalue weighted by Gasteiger charge is -2.42. The van der Waals surface area contributed by atoms with Gasteiger partial charge in [-0.05, 0) is 69.0 Å². The van der Waals surface area contributed by atoms with Crippen LogP contribution in [0.25, 0.3) is 0 Å². The monoisotopic (exact) mass is 684 g/mol. The minimum absolute atomic E-state index is 0.114. The molecule has 0 bridgehead atoms. The maximum atomic E-state index is 13.6. The van der Waals surface area contributed by atoms with Crippen molar-refractivity contribution in [2.24, 2.45) is 0 Å². The molecule has 0 radical (unpaired) electrons. The van der Waals surface area contributed by atoms with Gasteiger partial charge in [-0.15, -0.1) is 0 Å². The smallest absolute Gasteiger partial charge is 0.430 e. The molecule has 5 rings (SSSR count). The minimum atomic E-state index is -6.01. The Hall–Kier alpha value is -4.01. The van der Waals surface area contributed by atoms with Gasteiger partial charge in [0.25, 0.3) is 11.5 Å². The molecule has 15 heteroatoms. The van der Waals surface area contributed by atoms with Crippen LogP contribution in [0.3, 0.4) is 0 Å². The first-order chi connectivity index (χ1) is 22.1. The summed E-state index contributed by atoms with van der Waals surface area (Å²) in [5.74, 6) is -0.387. The van der Waals surface area contributed by atoms with E-state index in [1.807, 2.05) is 19.9 Å². The number of carbonyl (C=O) groups is 3. The molecular weight excluding hydrogens is 646 g/mol. The summed E-state index contributed by atoms with van der Waals surface area (Å²) in [4.78, 5) is 44.1. The normalized spacial score (nSPS) is 22.9. The van der Waals surface area contributed by atoms with Crippen molar-refractivity contribution in [1.29, 1.82) is 0 Å². The number of carbonyl (C=O) groups excluding carboxylic acids is 3. The molecule has 3 aliphatic heterocycles. The van der Waals surface area contributed by atoms with Gasteiger partial charge in [-0.1, -0.05) is 31.5 Å². The number of aryl methyl sites for hydroxylation is 1. The molecular formula is C33H38F6N4O5. The molecule has 2 N–H and O–H groups in total. The molecule has 48 heavy (non-hydrogen) atoms. The van der Waals surface area contributed by atoms with Crippen LogP contribution >= 0.6 is 0 Å². The van der Waals surface area contributed by atoms with Crippen molar-refractivity contribution in [1.82, 2.24) is 15.1 Å².